The topological polar surface area (TPSA) is 99.3 Å². The summed E-state index contributed by atoms with van der Waals surface area (Å²) in [6, 6.07) is 6.19. The lowest BCUT2D eigenvalue weighted by molar-refractivity contribution is -0.121. The number of aromatic nitrogens is 5. The lowest BCUT2D eigenvalue weighted by atomic mass is 10.0. The summed E-state index contributed by atoms with van der Waals surface area (Å²) in [5.41, 5.74) is 7.74. The van der Waals surface area contributed by atoms with Crippen LogP contribution in [0.25, 0.3) is 38.9 Å². The summed E-state index contributed by atoms with van der Waals surface area (Å²) in [5, 5.41) is 12.7. The van der Waals surface area contributed by atoms with Crippen LogP contribution in [-0.4, -0.2) is 31.1 Å². The number of H-pyrrole nitrogens is 2. The number of aromatic amines is 2. The van der Waals surface area contributed by atoms with E-state index in [0.717, 1.165) is 50.9 Å². The van der Waals surface area contributed by atoms with Crippen LogP contribution < -0.4 is 5.32 Å². The maximum Gasteiger partial charge on any atom is 0.224 e. The highest BCUT2D eigenvalue weighted by Gasteiger charge is 2.30. The van der Waals surface area contributed by atoms with Gasteiger partial charge in [-0.25, -0.2) is 4.98 Å². The average Bonchev–Trinajstić information content (AvgIpc) is 3.20. The van der Waals surface area contributed by atoms with Crippen molar-refractivity contribution in [2.24, 2.45) is 11.8 Å². The molecule has 2 aliphatic rings. The molecule has 7 heteroatoms. The number of rotatable bonds is 5. The fraction of sp³-hybridized carbons (Fsp3) is 0.231. The minimum Gasteiger partial charge on any atom is -0.352 e. The molecule has 4 aromatic rings. The highest BCUT2D eigenvalue weighted by atomic mass is 16.1. The van der Waals surface area contributed by atoms with Crippen molar-refractivity contribution in [3.05, 3.63) is 71.9 Å². The number of nitrogens with one attached hydrogen (secondary N) is 3. The van der Waals surface area contributed by atoms with Crippen molar-refractivity contribution in [1.82, 2.24) is 30.5 Å². The molecule has 0 aliphatic heterocycles. The molecule has 4 aromatic heterocycles. The van der Waals surface area contributed by atoms with Gasteiger partial charge in [0, 0.05) is 46.8 Å². The molecule has 1 saturated carbocycles. The van der Waals surface area contributed by atoms with Crippen LogP contribution in [0, 0.1) is 11.8 Å². The third-order valence-electron chi connectivity index (χ3n) is 6.12. The Labute approximate surface area is 190 Å². The maximum atomic E-state index is 12.4. The quantitative estimate of drug-likeness (QED) is 0.415. The molecule has 0 saturated heterocycles. The highest BCUT2D eigenvalue weighted by Crippen LogP contribution is 2.43. The lowest BCUT2D eigenvalue weighted by Crippen LogP contribution is -2.23. The summed E-state index contributed by atoms with van der Waals surface area (Å²) in [5.74, 6) is 0.793. The van der Waals surface area contributed by atoms with Crippen molar-refractivity contribution in [2.45, 2.75) is 26.7 Å². The van der Waals surface area contributed by atoms with E-state index in [9.17, 15) is 4.79 Å². The number of hydrogen-bond acceptors (Lipinski definition) is 4. The zero-order valence-electron chi connectivity index (χ0n) is 18.5. The Morgan fingerprint density at radius 1 is 1.24 bits per heavy atom. The van der Waals surface area contributed by atoms with E-state index >= 15 is 0 Å². The minimum absolute atomic E-state index is 0.0468. The van der Waals surface area contributed by atoms with Crippen LogP contribution >= 0.6 is 0 Å². The second kappa shape index (κ2) is 7.55. The van der Waals surface area contributed by atoms with Crippen LogP contribution in [0.4, 0.5) is 0 Å². The number of amides is 1. The number of carbonyl (C=O) groups excluding carboxylic acids is 1. The van der Waals surface area contributed by atoms with Gasteiger partial charge in [-0.2, -0.15) is 5.10 Å². The summed E-state index contributed by atoms with van der Waals surface area (Å²) in [7, 11) is 0. The van der Waals surface area contributed by atoms with E-state index in [2.05, 4.69) is 74.7 Å². The van der Waals surface area contributed by atoms with Gasteiger partial charge in [-0.1, -0.05) is 25.5 Å². The standard InChI is InChI=1S/C26H24N6O/c1-14(2)5-24(33)29-20-8-17-6-16(17)7-18(9-20)19-10-21-25(31-32-26(21)28-12-19)22-11-15-3-4-27-13-23(15)30-22/h3-4,7-14,16,30H,5-6H2,1-2H3,(H,29,33)(H,28,31,32). The molecule has 1 amide bonds. The van der Waals surface area contributed by atoms with Gasteiger partial charge in [0.05, 0.1) is 23.1 Å². The summed E-state index contributed by atoms with van der Waals surface area (Å²) in [4.78, 5) is 24.6. The van der Waals surface area contributed by atoms with E-state index < -0.39 is 0 Å². The molecule has 164 valence electrons. The van der Waals surface area contributed by atoms with Gasteiger partial charge in [0.15, 0.2) is 5.65 Å². The second-order valence-electron chi connectivity index (χ2n) is 9.24. The molecule has 0 spiro atoms. The number of hydrogen-bond donors (Lipinski definition) is 3. The predicted molar refractivity (Wildman–Crippen MR) is 129 cm³/mol. The molecule has 6 rings (SSSR count). The van der Waals surface area contributed by atoms with Crippen molar-refractivity contribution < 1.29 is 4.79 Å². The van der Waals surface area contributed by atoms with Crippen molar-refractivity contribution >= 4 is 33.4 Å². The summed E-state index contributed by atoms with van der Waals surface area (Å²) < 4.78 is 0. The minimum atomic E-state index is 0.0468. The molecule has 0 aromatic carbocycles. The third-order valence-corrected chi connectivity index (χ3v) is 6.12. The van der Waals surface area contributed by atoms with Crippen LogP contribution in [0.5, 0.6) is 0 Å². The largest absolute Gasteiger partial charge is 0.352 e. The molecule has 2 aliphatic carbocycles. The fourth-order valence-corrected chi connectivity index (χ4v) is 4.41. The molecule has 0 radical (unpaired) electrons. The van der Waals surface area contributed by atoms with Crippen LogP contribution in [0.15, 0.2) is 66.3 Å². The average molecular weight is 437 g/mol. The zero-order chi connectivity index (χ0) is 22.5. The molecular weight excluding hydrogens is 412 g/mol. The van der Waals surface area contributed by atoms with E-state index in [0.29, 0.717) is 23.9 Å². The maximum absolute atomic E-state index is 12.4. The van der Waals surface area contributed by atoms with Crippen molar-refractivity contribution in [1.29, 1.82) is 0 Å². The van der Waals surface area contributed by atoms with Gasteiger partial charge < -0.3 is 10.3 Å². The first kappa shape index (κ1) is 19.7. The second-order valence-corrected chi connectivity index (χ2v) is 9.24. The van der Waals surface area contributed by atoms with Gasteiger partial charge in [-0.3, -0.25) is 14.9 Å². The molecule has 33 heavy (non-hydrogen) atoms. The number of allylic oxidation sites excluding steroid dienone is 5. The summed E-state index contributed by atoms with van der Waals surface area (Å²) >= 11 is 0. The smallest absolute Gasteiger partial charge is 0.224 e. The van der Waals surface area contributed by atoms with Gasteiger partial charge in [0.1, 0.15) is 0 Å². The van der Waals surface area contributed by atoms with Crippen molar-refractivity contribution in [3.63, 3.8) is 0 Å². The van der Waals surface area contributed by atoms with Gasteiger partial charge in [-0.05, 0) is 48.3 Å². The summed E-state index contributed by atoms with van der Waals surface area (Å²) in [6.07, 6.45) is 13.4. The van der Waals surface area contributed by atoms with E-state index in [1.54, 1.807) is 6.20 Å². The normalized spacial score (nSPS) is 17.4. The third kappa shape index (κ3) is 3.75. The Hall–Kier alpha value is -4.00. The molecule has 4 heterocycles. The first-order valence-corrected chi connectivity index (χ1v) is 11.2. The van der Waals surface area contributed by atoms with Crippen LogP contribution in [0.3, 0.4) is 0 Å². The van der Waals surface area contributed by atoms with Crippen molar-refractivity contribution in [2.75, 3.05) is 0 Å². The van der Waals surface area contributed by atoms with Crippen molar-refractivity contribution in [3.8, 4) is 11.4 Å². The first-order chi connectivity index (χ1) is 16.0. The van der Waals surface area contributed by atoms with Gasteiger partial charge in [-0.15, -0.1) is 0 Å². The monoisotopic (exact) mass is 436 g/mol. The van der Waals surface area contributed by atoms with Gasteiger partial charge in [0.25, 0.3) is 0 Å². The molecule has 3 N–H and O–H groups in total. The SMILES string of the molecule is CC(C)CC(=O)NC1=CC(c2cnc3n[nH]c(-c4cc5ccncc5[nH]4)c3c2)=CC2CC2=C1. The zero-order valence-corrected chi connectivity index (χ0v) is 18.5. The molecule has 7 nitrogen and oxygen atoms in total. The number of fused-ring (bicyclic) bond motifs is 3. The molecular formula is C26H24N6O. The van der Waals surface area contributed by atoms with Crippen LogP contribution in [0.1, 0.15) is 32.3 Å². The van der Waals surface area contributed by atoms with Crippen LogP contribution in [-0.2, 0) is 4.79 Å². The fourth-order valence-electron chi connectivity index (χ4n) is 4.41. The first-order valence-electron chi connectivity index (χ1n) is 11.2. The Morgan fingerprint density at radius 2 is 2.15 bits per heavy atom. The Balaban J connectivity index is 1.38. The highest BCUT2D eigenvalue weighted by molar-refractivity contribution is 5.96. The Morgan fingerprint density at radius 3 is 3.00 bits per heavy atom. The van der Waals surface area contributed by atoms with Gasteiger partial charge >= 0.3 is 0 Å². The lowest BCUT2D eigenvalue weighted by Gasteiger charge is -2.09. The van der Waals surface area contributed by atoms with E-state index in [1.807, 2.05) is 18.5 Å². The van der Waals surface area contributed by atoms with Gasteiger partial charge in [0.2, 0.25) is 5.91 Å². The van der Waals surface area contributed by atoms with Crippen LogP contribution in [0.2, 0.25) is 0 Å². The number of nitrogens with zero attached hydrogens (tertiary/aromatic N) is 3. The predicted octanol–water partition coefficient (Wildman–Crippen LogP) is 4.89. The molecule has 0 bridgehead atoms. The molecule has 1 atom stereocenters. The van der Waals surface area contributed by atoms with E-state index in [4.69, 9.17) is 0 Å². The number of pyridine rings is 2. The Kier molecular flexibility index (Phi) is 4.50. The van der Waals surface area contributed by atoms with E-state index in [1.165, 1.54) is 5.57 Å². The number of carbonyl (C=O) groups is 1. The molecule has 1 fully saturated rings. The summed E-state index contributed by atoms with van der Waals surface area (Å²) in [6.45, 7) is 4.10. The van der Waals surface area contributed by atoms with E-state index in [-0.39, 0.29) is 5.91 Å². The Bertz CT molecular complexity index is 1470. The molecule has 1 unspecified atom stereocenters.